The Kier molecular flexibility index (Phi) is 4.71. The van der Waals surface area contributed by atoms with E-state index in [1.807, 2.05) is 0 Å². The maximum absolute atomic E-state index is 12.6. The minimum absolute atomic E-state index is 0.226. The molecule has 4 rings (SSSR count). The van der Waals surface area contributed by atoms with Crippen LogP contribution in [0.4, 0.5) is 0 Å². The highest BCUT2D eigenvalue weighted by Crippen LogP contribution is 2.69. The molecule has 0 heterocycles. The van der Waals surface area contributed by atoms with Crippen molar-refractivity contribution in [3.05, 3.63) is 0 Å². The van der Waals surface area contributed by atoms with Crippen LogP contribution in [0.15, 0.2) is 0 Å². The summed E-state index contributed by atoms with van der Waals surface area (Å²) in [4.78, 5) is 12.6. The highest BCUT2D eigenvalue weighted by atomic mass is 79.9. The summed E-state index contributed by atoms with van der Waals surface area (Å²) in [7, 11) is 0. The molecule has 0 saturated heterocycles. The zero-order chi connectivity index (χ0) is 18.9. The van der Waals surface area contributed by atoms with Crippen molar-refractivity contribution in [3.8, 4) is 0 Å². The van der Waals surface area contributed by atoms with Crippen molar-refractivity contribution < 1.29 is 9.90 Å². The highest BCUT2D eigenvalue weighted by molar-refractivity contribution is 9.09. The molecular weight excluding hydrogens is 388 g/mol. The van der Waals surface area contributed by atoms with Gasteiger partial charge >= 0.3 is 0 Å². The summed E-state index contributed by atoms with van der Waals surface area (Å²) < 4.78 is 0. The predicted octanol–water partition coefficient (Wildman–Crippen LogP) is 5.61. The maximum atomic E-state index is 12.6. The van der Waals surface area contributed by atoms with Crippen LogP contribution < -0.4 is 0 Å². The van der Waals surface area contributed by atoms with Crippen LogP contribution in [0.1, 0.15) is 79.1 Å². The van der Waals surface area contributed by atoms with Gasteiger partial charge in [-0.05, 0) is 98.7 Å². The number of Topliss-reactive ketones (excluding diaryl/α,β-unsaturated/α-hetero) is 1. The number of halogens is 1. The molecule has 1 N–H and O–H groups in total. The van der Waals surface area contributed by atoms with Gasteiger partial charge in [0.15, 0.2) is 0 Å². The molecule has 0 spiro atoms. The number of carbonyl (C=O) groups is 1. The molecule has 2 nitrogen and oxygen atoms in total. The molecule has 0 unspecified atom stereocenters. The molecule has 4 aliphatic carbocycles. The molecule has 0 radical (unpaired) electrons. The molecule has 0 bridgehead atoms. The van der Waals surface area contributed by atoms with E-state index in [1.165, 1.54) is 32.1 Å². The fourth-order valence-corrected chi connectivity index (χ4v) is 8.83. The lowest BCUT2D eigenvalue weighted by atomic mass is 9.42. The molecule has 148 valence electrons. The van der Waals surface area contributed by atoms with Crippen molar-refractivity contribution in [1.29, 1.82) is 0 Å². The standard InChI is InChI=1S/C23H37BrO2/c1-14-11-15-12-21(2,26)9-10-22(15,3)18-7-8-23(4)16(19(25)13-24)5-6-17(23)20(14)18/h14-18,20,26H,5-13H2,1-4H3/t14-,15-,16+,17-,18-,20-,21+,22-,23+/m0/s1. The Labute approximate surface area is 168 Å². The third-order valence-electron chi connectivity index (χ3n) is 9.83. The van der Waals surface area contributed by atoms with Crippen LogP contribution in [-0.4, -0.2) is 21.8 Å². The molecule has 4 saturated carbocycles. The Morgan fingerprint density at radius 3 is 2.42 bits per heavy atom. The van der Waals surface area contributed by atoms with Crippen molar-refractivity contribution in [1.82, 2.24) is 0 Å². The first-order valence-electron chi connectivity index (χ1n) is 10.9. The zero-order valence-electron chi connectivity index (χ0n) is 17.1. The molecule has 0 aromatic rings. The van der Waals surface area contributed by atoms with Crippen LogP contribution in [0.2, 0.25) is 0 Å². The predicted molar refractivity (Wildman–Crippen MR) is 109 cm³/mol. The van der Waals surface area contributed by atoms with E-state index in [1.54, 1.807) is 0 Å². The molecule has 26 heavy (non-hydrogen) atoms. The maximum Gasteiger partial charge on any atom is 0.147 e. The number of ketones is 1. The average Bonchev–Trinajstić information content (AvgIpc) is 2.93. The van der Waals surface area contributed by atoms with Gasteiger partial charge in [0, 0.05) is 5.92 Å². The molecule has 9 atom stereocenters. The Balaban J connectivity index is 1.64. The topological polar surface area (TPSA) is 37.3 Å². The van der Waals surface area contributed by atoms with Gasteiger partial charge in [0.2, 0.25) is 0 Å². The van der Waals surface area contributed by atoms with E-state index in [2.05, 4.69) is 43.6 Å². The van der Waals surface area contributed by atoms with Gasteiger partial charge < -0.3 is 5.11 Å². The quantitative estimate of drug-likeness (QED) is 0.584. The summed E-state index contributed by atoms with van der Waals surface area (Å²) >= 11 is 3.44. The van der Waals surface area contributed by atoms with E-state index in [0.29, 0.717) is 22.4 Å². The zero-order valence-corrected chi connectivity index (χ0v) is 18.6. The van der Waals surface area contributed by atoms with E-state index in [9.17, 15) is 9.90 Å². The van der Waals surface area contributed by atoms with Gasteiger partial charge in [0.1, 0.15) is 5.78 Å². The van der Waals surface area contributed by atoms with E-state index in [-0.39, 0.29) is 11.3 Å². The van der Waals surface area contributed by atoms with Gasteiger partial charge in [-0.15, -0.1) is 0 Å². The molecule has 0 aromatic heterocycles. The van der Waals surface area contributed by atoms with Gasteiger partial charge in [-0.25, -0.2) is 0 Å². The molecule has 3 heteroatoms. The van der Waals surface area contributed by atoms with Crippen LogP contribution in [0, 0.1) is 46.3 Å². The summed E-state index contributed by atoms with van der Waals surface area (Å²) in [5.74, 6) is 4.42. The number of fused-ring (bicyclic) bond motifs is 5. The van der Waals surface area contributed by atoms with E-state index >= 15 is 0 Å². The normalized spacial score (nSPS) is 56.4. The third kappa shape index (κ3) is 2.70. The van der Waals surface area contributed by atoms with Crippen molar-refractivity contribution in [3.63, 3.8) is 0 Å². The van der Waals surface area contributed by atoms with Crippen molar-refractivity contribution in [2.45, 2.75) is 84.7 Å². The number of rotatable bonds is 2. The van der Waals surface area contributed by atoms with Gasteiger partial charge in [-0.1, -0.05) is 36.7 Å². The summed E-state index contributed by atoms with van der Waals surface area (Å²) in [6, 6.07) is 0. The lowest BCUT2D eigenvalue weighted by molar-refractivity contribution is -0.165. The minimum atomic E-state index is -0.458. The van der Waals surface area contributed by atoms with Crippen molar-refractivity contribution in [2.24, 2.45) is 46.3 Å². The first-order valence-corrected chi connectivity index (χ1v) is 12.1. The first-order chi connectivity index (χ1) is 12.1. The lowest BCUT2D eigenvalue weighted by Gasteiger charge is -2.63. The number of alkyl halides is 1. The molecule has 0 amide bonds. The van der Waals surface area contributed by atoms with Crippen molar-refractivity contribution in [2.75, 3.05) is 5.33 Å². The van der Waals surface area contributed by atoms with Gasteiger partial charge in [0.25, 0.3) is 0 Å². The van der Waals surface area contributed by atoms with E-state index in [0.717, 1.165) is 42.9 Å². The van der Waals surface area contributed by atoms with E-state index < -0.39 is 5.60 Å². The van der Waals surface area contributed by atoms with Gasteiger partial charge in [-0.3, -0.25) is 4.79 Å². The summed E-state index contributed by atoms with van der Waals surface area (Å²) in [5, 5.41) is 11.2. The van der Waals surface area contributed by atoms with Crippen LogP contribution in [0.3, 0.4) is 0 Å². The van der Waals surface area contributed by atoms with Gasteiger partial charge in [-0.2, -0.15) is 0 Å². The number of hydrogen-bond acceptors (Lipinski definition) is 2. The van der Waals surface area contributed by atoms with Crippen LogP contribution in [0.25, 0.3) is 0 Å². The Morgan fingerprint density at radius 1 is 1.04 bits per heavy atom. The molecule has 4 fully saturated rings. The van der Waals surface area contributed by atoms with Crippen LogP contribution in [0.5, 0.6) is 0 Å². The number of carbonyl (C=O) groups excluding carboxylic acids is 1. The second kappa shape index (κ2) is 6.31. The Bertz CT molecular complexity index is 587. The Hall–Kier alpha value is 0.110. The van der Waals surface area contributed by atoms with Gasteiger partial charge in [0.05, 0.1) is 10.9 Å². The lowest BCUT2D eigenvalue weighted by Crippen LogP contribution is -2.58. The average molecular weight is 425 g/mol. The summed E-state index contributed by atoms with van der Waals surface area (Å²) in [6.07, 6.45) is 9.30. The highest BCUT2D eigenvalue weighted by Gasteiger charge is 2.63. The number of hydrogen-bond donors (Lipinski definition) is 1. The van der Waals surface area contributed by atoms with Crippen LogP contribution >= 0.6 is 15.9 Å². The van der Waals surface area contributed by atoms with Crippen LogP contribution in [-0.2, 0) is 4.79 Å². The fraction of sp³-hybridized carbons (Fsp3) is 0.957. The van der Waals surface area contributed by atoms with E-state index in [4.69, 9.17) is 0 Å². The third-order valence-corrected chi connectivity index (χ3v) is 10.4. The first kappa shape index (κ1) is 19.4. The fourth-order valence-electron chi connectivity index (χ4n) is 8.44. The molecule has 0 aliphatic heterocycles. The Morgan fingerprint density at radius 2 is 1.73 bits per heavy atom. The molecule has 0 aromatic carbocycles. The minimum Gasteiger partial charge on any atom is -0.390 e. The largest absolute Gasteiger partial charge is 0.390 e. The molecule has 4 aliphatic rings. The second-order valence-corrected chi connectivity index (χ2v) is 11.7. The summed E-state index contributed by atoms with van der Waals surface area (Å²) in [6.45, 7) is 9.52. The SMILES string of the molecule is C[C@H]1C[C@H]2C[C@](C)(O)CC[C@]2(C)[C@H]2CC[C@]3(C)[C@@H](C(=O)CBr)CC[C@H]3[C@H]12. The second-order valence-electron chi connectivity index (χ2n) is 11.2. The van der Waals surface area contributed by atoms with Crippen molar-refractivity contribution >= 4 is 21.7 Å². The number of aliphatic hydroxyl groups is 1. The monoisotopic (exact) mass is 424 g/mol. The smallest absolute Gasteiger partial charge is 0.147 e. The molecular formula is C23H37BrO2. The summed E-state index contributed by atoms with van der Waals surface area (Å²) in [5.41, 5.74) is 0.169.